The lowest BCUT2D eigenvalue weighted by atomic mass is 10.0. The fourth-order valence-corrected chi connectivity index (χ4v) is 7.69. The molecule has 0 aliphatic rings. The summed E-state index contributed by atoms with van der Waals surface area (Å²) in [4.78, 5) is 24.4. The van der Waals surface area contributed by atoms with Crippen LogP contribution in [0.1, 0.15) is 271 Å². The van der Waals surface area contributed by atoms with Gasteiger partial charge in [0, 0.05) is 12.8 Å². The van der Waals surface area contributed by atoms with E-state index >= 15 is 0 Å². The van der Waals surface area contributed by atoms with Crippen molar-refractivity contribution in [1.29, 1.82) is 0 Å². The molecule has 332 valence electrons. The molecule has 0 aromatic rings. The molecule has 0 fully saturated rings. The highest BCUT2D eigenvalue weighted by Gasteiger charge is 2.18. The van der Waals surface area contributed by atoms with Crippen molar-refractivity contribution in [2.45, 2.75) is 283 Å². The number of unbranched alkanes of at least 4 members (excludes halogenated alkanes) is 35. The zero-order valence-corrected chi connectivity index (χ0v) is 37.6. The lowest BCUT2D eigenvalue weighted by Gasteiger charge is -2.20. The Morgan fingerprint density at radius 1 is 0.482 bits per heavy atom. The zero-order chi connectivity index (χ0) is 40.8. The van der Waals surface area contributed by atoms with Crippen molar-refractivity contribution >= 4 is 11.9 Å². The SMILES string of the molecule is CCCCCCCCCCCCCCC/C=C/C(O)C(CO)NC(=O)CCCCCCCCCCCCCOC(=O)CCCCCCCCCCCCCCC. The fourth-order valence-electron chi connectivity index (χ4n) is 7.69. The first-order valence-corrected chi connectivity index (χ1v) is 25.0. The number of amides is 1. The summed E-state index contributed by atoms with van der Waals surface area (Å²) in [7, 11) is 0. The Labute approximate surface area is 349 Å². The molecular formula is C50H97NO5. The molecule has 0 rings (SSSR count). The van der Waals surface area contributed by atoms with Crippen LogP contribution in [0.2, 0.25) is 0 Å². The normalized spacial score (nSPS) is 12.7. The molecule has 1 amide bonds. The molecule has 0 aliphatic carbocycles. The highest BCUT2D eigenvalue weighted by Crippen LogP contribution is 2.16. The minimum absolute atomic E-state index is 0.0139. The Balaban J connectivity index is 3.50. The number of nitrogens with one attached hydrogen (secondary N) is 1. The predicted octanol–water partition coefficient (Wildman–Crippen LogP) is 14.6. The molecule has 0 saturated carbocycles. The lowest BCUT2D eigenvalue weighted by Crippen LogP contribution is -2.45. The fraction of sp³-hybridized carbons (Fsp3) is 0.920. The first-order chi connectivity index (χ1) is 27.5. The van der Waals surface area contributed by atoms with Crippen LogP contribution < -0.4 is 5.32 Å². The molecule has 0 aromatic carbocycles. The maximum Gasteiger partial charge on any atom is 0.305 e. The van der Waals surface area contributed by atoms with Crippen LogP contribution in [-0.4, -0.2) is 47.4 Å². The maximum absolute atomic E-state index is 12.4. The third kappa shape index (κ3) is 42.2. The highest BCUT2D eigenvalue weighted by atomic mass is 16.5. The van der Waals surface area contributed by atoms with E-state index in [4.69, 9.17) is 4.74 Å². The van der Waals surface area contributed by atoms with E-state index in [1.807, 2.05) is 6.08 Å². The Morgan fingerprint density at radius 3 is 1.21 bits per heavy atom. The summed E-state index contributed by atoms with van der Waals surface area (Å²) in [6.45, 7) is 4.86. The van der Waals surface area contributed by atoms with Gasteiger partial charge in [0.1, 0.15) is 0 Å². The van der Waals surface area contributed by atoms with Gasteiger partial charge in [-0.3, -0.25) is 9.59 Å². The largest absolute Gasteiger partial charge is 0.466 e. The number of allylic oxidation sites excluding steroid dienone is 1. The highest BCUT2D eigenvalue weighted by molar-refractivity contribution is 5.76. The zero-order valence-electron chi connectivity index (χ0n) is 37.6. The molecule has 2 atom stereocenters. The molecule has 0 saturated heterocycles. The molecular weight excluding hydrogens is 695 g/mol. The molecule has 0 bridgehead atoms. The van der Waals surface area contributed by atoms with E-state index in [-0.39, 0.29) is 18.5 Å². The summed E-state index contributed by atoms with van der Waals surface area (Å²) in [5.41, 5.74) is 0. The van der Waals surface area contributed by atoms with Crippen LogP contribution in [0.4, 0.5) is 0 Å². The quantitative estimate of drug-likeness (QED) is 0.0324. The molecule has 0 spiro atoms. The van der Waals surface area contributed by atoms with Crippen LogP contribution in [0.5, 0.6) is 0 Å². The number of aliphatic hydroxyl groups excluding tert-OH is 2. The molecule has 2 unspecified atom stereocenters. The molecule has 0 radical (unpaired) electrons. The second-order valence-electron chi connectivity index (χ2n) is 17.2. The van der Waals surface area contributed by atoms with Gasteiger partial charge in [-0.1, -0.05) is 238 Å². The van der Waals surface area contributed by atoms with E-state index in [1.165, 1.54) is 186 Å². The molecule has 3 N–H and O–H groups in total. The Kier molecular flexibility index (Phi) is 45.1. The molecule has 0 heterocycles. The maximum atomic E-state index is 12.4. The minimum Gasteiger partial charge on any atom is -0.466 e. The second-order valence-corrected chi connectivity index (χ2v) is 17.2. The summed E-state index contributed by atoms with van der Waals surface area (Å²) < 4.78 is 5.45. The van der Waals surface area contributed by atoms with Gasteiger partial charge in [-0.2, -0.15) is 0 Å². The van der Waals surface area contributed by atoms with Crippen molar-refractivity contribution in [2.75, 3.05) is 13.2 Å². The number of rotatable bonds is 46. The van der Waals surface area contributed by atoms with Crippen molar-refractivity contribution in [3.63, 3.8) is 0 Å². The Morgan fingerprint density at radius 2 is 0.821 bits per heavy atom. The number of hydrogen-bond acceptors (Lipinski definition) is 5. The van der Waals surface area contributed by atoms with Gasteiger partial charge in [0.05, 0.1) is 25.4 Å². The Bertz CT molecular complexity index is 832. The summed E-state index contributed by atoms with van der Waals surface area (Å²) in [6, 6.07) is -0.640. The van der Waals surface area contributed by atoms with Crippen molar-refractivity contribution in [3.05, 3.63) is 12.2 Å². The monoisotopic (exact) mass is 792 g/mol. The van der Waals surface area contributed by atoms with E-state index in [9.17, 15) is 19.8 Å². The smallest absolute Gasteiger partial charge is 0.305 e. The van der Waals surface area contributed by atoms with E-state index in [1.54, 1.807) is 6.08 Å². The van der Waals surface area contributed by atoms with Gasteiger partial charge >= 0.3 is 5.97 Å². The van der Waals surface area contributed by atoms with Gasteiger partial charge in [-0.25, -0.2) is 0 Å². The molecule has 0 aromatic heterocycles. The number of carbonyl (C=O) groups excluding carboxylic acids is 2. The van der Waals surface area contributed by atoms with Crippen LogP contribution in [0, 0.1) is 0 Å². The van der Waals surface area contributed by atoms with Gasteiger partial charge in [-0.15, -0.1) is 0 Å². The number of esters is 1. The summed E-state index contributed by atoms with van der Waals surface area (Å²) in [5, 5.41) is 23.0. The van der Waals surface area contributed by atoms with E-state index in [0.29, 0.717) is 19.4 Å². The number of carbonyl (C=O) groups is 2. The average molecular weight is 792 g/mol. The van der Waals surface area contributed by atoms with Gasteiger partial charge in [0.15, 0.2) is 0 Å². The molecule has 56 heavy (non-hydrogen) atoms. The van der Waals surface area contributed by atoms with Crippen molar-refractivity contribution in [1.82, 2.24) is 5.32 Å². The van der Waals surface area contributed by atoms with Gasteiger partial charge in [0.25, 0.3) is 0 Å². The number of ether oxygens (including phenoxy) is 1. The Hall–Kier alpha value is -1.40. The second kappa shape index (κ2) is 46.3. The van der Waals surface area contributed by atoms with Gasteiger partial charge in [-0.05, 0) is 32.1 Å². The van der Waals surface area contributed by atoms with Crippen LogP contribution in [-0.2, 0) is 14.3 Å². The first kappa shape index (κ1) is 54.6. The van der Waals surface area contributed by atoms with Gasteiger partial charge in [0.2, 0.25) is 5.91 Å². The standard InChI is InChI=1S/C50H97NO5/c1-3-5-7-9-11-13-15-17-18-20-22-26-30-34-38-42-48(53)47(46-52)51-49(54)43-39-35-31-27-23-21-25-29-33-37-41-45-56-50(55)44-40-36-32-28-24-19-16-14-12-10-8-6-4-2/h38,42,47-48,52-53H,3-37,39-41,43-46H2,1-2H3,(H,51,54)/b42-38+. The van der Waals surface area contributed by atoms with E-state index in [2.05, 4.69) is 19.2 Å². The predicted molar refractivity (Wildman–Crippen MR) is 241 cm³/mol. The molecule has 0 aliphatic heterocycles. The van der Waals surface area contributed by atoms with Crippen molar-refractivity contribution in [3.8, 4) is 0 Å². The number of aliphatic hydroxyl groups is 2. The van der Waals surface area contributed by atoms with Crippen molar-refractivity contribution in [2.24, 2.45) is 0 Å². The third-order valence-corrected chi connectivity index (χ3v) is 11.6. The lowest BCUT2D eigenvalue weighted by molar-refractivity contribution is -0.143. The van der Waals surface area contributed by atoms with Crippen LogP contribution in [0.15, 0.2) is 12.2 Å². The summed E-state index contributed by atoms with van der Waals surface area (Å²) in [6.07, 6.45) is 52.0. The third-order valence-electron chi connectivity index (χ3n) is 11.6. The van der Waals surface area contributed by atoms with Crippen LogP contribution in [0.3, 0.4) is 0 Å². The van der Waals surface area contributed by atoms with Crippen LogP contribution >= 0.6 is 0 Å². The van der Waals surface area contributed by atoms with Gasteiger partial charge < -0.3 is 20.3 Å². The average Bonchev–Trinajstić information content (AvgIpc) is 3.20. The molecule has 6 heteroatoms. The topological polar surface area (TPSA) is 95.9 Å². The summed E-state index contributed by atoms with van der Waals surface area (Å²) >= 11 is 0. The summed E-state index contributed by atoms with van der Waals surface area (Å²) in [5.74, 6) is -0.0995. The van der Waals surface area contributed by atoms with E-state index in [0.717, 1.165) is 57.8 Å². The number of hydrogen-bond donors (Lipinski definition) is 3. The minimum atomic E-state index is -0.855. The first-order valence-electron chi connectivity index (χ1n) is 25.0. The molecule has 6 nitrogen and oxygen atoms in total. The van der Waals surface area contributed by atoms with Crippen molar-refractivity contribution < 1.29 is 24.5 Å². The van der Waals surface area contributed by atoms with Crippen LogP contribution in [0.25, 0.3) is 0 Å². The van der Waals surface area contributed by atoms with E-state index < -0.39 is 12.1 Å².